The van der Waals surface area contributed by atoms with Crippen LogP contribution in [-0.2, 0) is 9.59 Å². The van der Waals surface area contributed by atoms with Crippen molar-refractivity contribution in [1.82, 2.24) is 4.90 Å². The fourth-order valence-electron chi connectivity index (χ4n) is 1.91. The first-order valence-corrected chi connectivity index (χ1v) is 6.70. The Morgan fingerprint density at radius 3 is 2.29 bits per heavy atom. The van der Waals surface area contributed by atoms with E-state index in [0.29, 0.717) is 6.54 Å². The Kier molecular flexibility index (Phi) is 5.52. The molecule has 0 aliphatic rings. The third kappa shape index (κ3) is 4.08. The van der Waals surface area contributed by atoms with Crippen molar-refractivity contribution in [2.24, 2.45) is 0 Å². The van der Waals surface area contributed by atoms with Crippen molar-refractivity contribution < 1.29 is 19.4 Å². The molecule has 0 atom stereocenters. The summed E-state index contributed by atoms with van der Waals surface area (Å²) in [6.45, 7) is 5.10. The summed E-state index contributed by atoms with van der Waals surface area (Å²) in [4.78, 5) is 24.7. The maximum Gasteiger partial charge on any atom is 0.329 e. The highest BCUT2D eigenvalue weighted by Gasteiger charge is 2.35. The maximum atomic E-state index is 12.2. The van der Waals surface area contributed by atoms with Gasteiger partial charge < -0.3 is 14.7 Å². The van der Waals surface area contributed by atoms with E-state index in [0.717, 1.165) is 11.3 Å². The number of hydrogen-bond acceptors (Lipinski definition) is 3. The number of amides is 1. The predicted octanol–water partition coefficient (Wildman–Crippen LogP) is 2.42. The number of carboxylic acid groups (broad SMARTS) is 1. The maximum absolute atomic E-state index is 12.2. The second kappa shape index (κ2) is 6.92. The highest BCUT2D eigenvalue weighted by atomic mass is 16.5. The predicted molar refractivity (Wildman–Crippen MR) is 81.1 cm³/mol. The standard InChI is InChI=1S/C16H21NO4/c1-5-17(16(2,3)15(19)20)14(18)11-8-12-6-9-13(21-4)10-7-12/h6-11H,5H2,1-4H3,(H,19,20). The lowest BCUT2D eigenvalue weighted by Gasteiger charge is -2.33. The number of likely N-dealkylation sites (N-methyl/N-ethyl adjacent to an activating group) is 1. The third-order valence-electron chi connectivity index (χ3n) is 3.31. The summed E-state index contributed by atoms with van der Waals surface area (Å²) >= 11 is 0. The van der Waals surface area contributed by atoms with Gasteiger partial charge in [-0.05, 0) is 44.5 Å². The molecular weight excluding hydrogens is 270 g/mol. The molecule has 0 fully saturated rings. The Bertz CT molecular complexity index is 532. The number of carboxylic acids is 1. The molecule has 5 heteroatoms. The Labute approximate surface area is 124 Å². The number of nitrogens with zero attached hydrogens (tertiary/aromatic N) is 1. The number of methoxy groups -OCH3 is 1. The minimum atomic E-state index is -1.24. The molecule has 0 saturated heterocycles. The van der Waals surface area contributed by atoms with Crippen LogP contribution in [0.3, 0.4) is 0 Å². The topological polar surface area (TPSA) is 66.8 Å². The normalized spacial score (nSPS) is 11.4. The van der Waals surface area contributed by atoms with Crippen molar-refractivity contribution in [1.29, 1.82) is 0 Å². The SMILES string of the molecule is CCN(C(=O)C=Cc1ccc(OC)cc1)C(C)(C)C(=O)O. The number of carbonyl (C=O) groups is 2. The Hall–Kier alpha value is -2.30. The van der Waals surface area contributed by atoms with Gasteiger partial charge in [0.05, 0.1) is 7.11 Å². The molecule has 0 saturated carbocycles. The van der Waals surface area contributed by atoms with E-state index in [9.17, 15) is 14.7 Å². The summed E-state index contributed by atoms with van der Waals surface area (Å²) in [7, 11) is 1.58. The fourth-order valence-corrected chi connectivity index (χ4v) is 1.91. The first-order valence-electron chi connectivity index (χ1n) is 6.70. The van der Waals surface area contributed by atoms with E-state index in [1.807, 2.05) is 12.1 Å². The van der Waals surface area contributed by atoms with Gasteiger partial charge in [0.25, 0.3) is 0 Å². The monoisotopic (exact) mass is 291 g/mol. The van der Waals surface area contributed by atoms with Crippen LogP contribution in [0.15, 0.2) is 30.3 Å². The average Bonchev–Trinajstić information content (AvgIpc) is 2.46. The largest absolute Gasteiger partial charge is 0.497 e. The summed E-state index contributed by atoms with van der Waals surface area (Å²) in [5.41, 5.74) is -0.399. The zero-order chi connectivity index (χ0) is 16.0. The van der Waals surface area contributed by atoms with E-state index >= 15 is 0 Å². The van der Waals surface area contributed by atoms with Gasteiger partial charge >= 0.3 is 5.97 Å². The molecule has 1 rings (SSSR count). The first-order chi connectivity index (χ1) is 9.82. The van der Waals surface area contributed by atoms with Gasteiger partial charge in [-0.15, -0.1) is 0 Å². The quantitative estimate of drug-likeness (QED) is 0.817. The minimum Gasteiger partial charge on any atom is -0.497 e. The Morgan fingerprint density at radius 2 is 1.86 bits per heavy atom. The van der Waals surface area contributed by atoms with Crippen molar-refractivity contribution in [3.05, 3.63) is 35.9 Å². The van der Waals surface area contributed by atoms with Gasteiger partial charge in [0.2, 0.25) is 5.91 Å². The summed E-state index contributed by atoms with van der Waals surface area (Å²) < 4.78 is 5.06. The van der Waals surface area contributed by atoms with E-state index < -0.39 is 11.5 Å². The molecular formula is C16H21NO4. The fraction of sp³-hybridized carbons (Fsp3) is 0.375. The summed E-state index contributed by atoms with van der Waals surface area (Å²) in [6, 6.07) is 7.23. The molecule has 1 aromatic carbocycles. The molecule has 0 heterocycles. The zero-order valence-corrected chi connectivity index (χ0v) is 12.8. The van der Waals surface area contributed by atoms with Crippen LogP contribution in [0.4, 0.5) is 0 Å². The number of rotatable bonds is 6. The molecule has 21 heavy (non-hydrogen) atoms. The highest BCUT2D eigenvalue weighted by Crippen LogP contribution is 2.16. The van der Waals surface area contributed by atoms with Gasteiger partial charge in [-0.1, -0.05) is 12.1 Å². The number of ether oxygens (including phenoxy) is 1. The van der Waals surface area contributed by atoms with E-state index in [1.54, 1.807) is 32.2 Å². The van der Waals surface area contributed by atoms with Crippen LogP contribution in [-0.4, -0.2) is 41.1 Å². The third-order valence-corrected chi connectivity index (χ3v) is 3.31. The second-order valence-corrected chi connectivity index (χ2v) is 5.05. The molecule has 5 nitrogen and oxygen atoms in total. The van der Waals surface area contributed by atoms with Crippen LogP contribution in [0.1, 0.15) is 26.3 Å². The molecule has 0 radical (unpaired) electrons. The van der Waals surface area contributed by atoms with Gasteiger partial charge in [0.15, 0.2) is 0 Å². The van der Waals surface area contributed by atoms with Gasteiger partial charge in [-0.2, -0.15) is 0 Å². The van der Waals surface area contributed by atoms with Gasteiger partial charge in [0.1, 0.15) is 11.3 Å². The lowest BCUT2D eigenvalue weighted by atomic mass is 10.0. The van der Waals surface area contributed by atoms with Crippen molar-refractivity contribution in [2.45, 2.75) is 26.3 Å². The zero-order valence-electron chi connectivity index (χ0n) is 12.8. The lowest BCUT2D eigenvalue weighted by Crippen LogP contribution is -2.52. The number of aliphatic carboxylic acids is 1. The van der Waals surface area contributed by atoms with Crippen molar-refractivity contribution in [3.63, 3.8) is 0 Å². The highest BCUT2D eigenvalue weighted by molar-refractivity contribution is 5.95. The van der Waals surface area contributed by atoms with Crippen LogP contribution >= 0.6 is 0 Å². The number of carbonyl (C=O) groups excluding carboxylic acids is 1. The van der Waals surface area contributed by atoms with Crippen LogP contribution in [0.25, 0.3) is 6.08 Å². The molecule has 0 aliphatic heterocycles. The van der Waals surface area contributed by atoms with Crippen LogP contribution in [0.5, 0.6) is 5.75 Å². The molecule has 1 aromatic rings. The van der Waals surface area contributed by atoms with Gasteiger partial charge in [-0.25, -0.2) is 4.79 Å². The minimum absolute atomic E-state index is 0.324. The smallest absolute Gasteiger partial charge is 0.329 e. The molecule has 0 bridgehead atoms. The van der Waals surface area contributed by atoms with E-state index in [4.69, 9.17) is 4.74 Å². The number of hydrogen-bond donors (Lipinski definition) is 1. The summed E-state index contributed by atoms with van der Waals surface area (Å²) in [5.74, 6) is -0.628. The summed E-state index contributed by atoms with van der Waals surface area (Å²) in [5, 5.41) is 9.20. The Morgan fingerprint density at radius 1 is 1.29 bits per heavy atom. The van der Waals surface area contributed by atoms with Gasteiger partial charge in [0, 0.05) is 12.6 Å². The summed E-state index contributed by atoms with van der Waals surface area (Å²) in [6.07, 6.45) is 3.04. The van der Waals surface area contributed by atoms with E-state index in [-0.39, 0.29) is 5.91 Å². The number of benzene rings is 1. The molecule has 0 aromatic heterocycles. The lowest BCUT2D eigenvalue weighted by molar-refractivity contribution is -0.154. The molecule has 0 spiro atoms. The van der Waals surface area contributed by atoms with Crippen molar-refractivity contribution in [3.8, 4) is 5.75 Å². The van der Waals surface area contributed by atoms with Crippen molar-refractivity contribution >= 4 is 18.0 Å². The van der Waals surface area contributed by atoms with Crippen molar-refractivity contribution in [2.75, 3.05) is 13.7 Å². The van der Waals surface area contributed by atoms with E-state index in [1.165, 1.54) is 24.8 Å². The van der Waals surface area contributed by atoms with Crippen LogP contribution in [0, 0.1) is 0 Å². The van der Waals surface area contributed by atoms with Crippen LogP contribution in [0.2, 0.25) is 0 Å². The molecule has 1 amide bonds. The van der Waals surface area contributed by atoms with Crippen LogP contribution < -0.4 is 4.74 Å². The van der Waals surface area contributed by atoms with E-state index in [2.05, 4.69) is 0 Å². The first kappa shape index (κ1) is 16.8. The Balaban J connectivity index is 2.86. The average molecular weight is 291 g/mol. The van der Waals surface area contributed by atoms with Gasteiger partial charge in [-0.3, -0.25) is 4.79 Å². The second-order valence-electron chi connectivity index (χ2n) is 5.05. The molecule has 0 aliphatic carbocycles. The molecule has 1 N–H and O–H groups in total. The molecule has 0 unspecified atom stereocenters. The molecule has 114 valence electrons.